The molecule has 1 fully saturated rings. The van der Waals surface area contributed by atoms with Crippen LogP contribution in [0.1, 0.15) is 0 Å². The molecule has 0 aliphatic carbocycles. The zero-order chi connectivity index (χ0) is 9.90. The van der Waals surface area contributed by atoms with Crippen molar-refractivity contribution in [1.29, 1.82) is 0 Å². The van der Waals surface area contributed by atoms with Crippen molar-refractivity contribution in [2.45, 2.75) is 0 Å². The molecule has 5 nitrogen and oxygen atoms in total. The molecule has 0 spiro atoms. The van der Waals surface area contributed by atoms with Crippen molar-refractivity contribution in [1.82, 2.24) is 4.90 Å². The third kappa shape index (κ3) is 3.73. The highest BCUT2D eigenvalue weighted by Gasteiger charge is 2.20. The number of rotatable bonds is 2. The molecule has 13 heavy (non-hydrogen) atoms. The van der Waals surface area contributed by atoms with Crippen molar-refractivity contribution < 1.29 is 17.9 Å². The van der Waals surface area contributed by atoms with E-state index < -0.39 is 15.6 Å². The number of hydrogen-bond acceptors (Lipinski definition) is 4. The molecule has 1 rings (SSSR count). The van der Waals surface area contributed by atoms with Crippen LogP contribution in [0, 0.1) is 0 Å². The number of ether oxygens (including phenoxy) is 1. The maximum absolute atomic E-state index is 11.3. The molecule has 0 N–H and O–H groups in total. The van der Waals surface area contributed by atoms with Gasteiger partial charge in [0.1, 0.15) is 5.75 Å². The molecule has 0 aromatic rings. The summed E-state index contributed by atoms with van der Waals surface area (Å²) in [7, 11) is -3.20. The SMILES string of the molecule is CS(=O)(=O)CC(=O)N1CCOCC1. The van der Waals surface area contributed by atoms with Gasteiger partial charge in [0.2, 0.25) is 5.91 Å². The van der Waals surface area contributed by atoms with Gasteiger partial charge in [0.25, 0.3) is 0 Å². The average molecular weight is 207 g/mol. The molecule has 0 aromatic heterocycles. The van der Waals surface area contributed by atoms with Crippen LogP contribution in [0.15, 0.2) is 0 Å². The first kappa shape index (κ1) is 10.5. The van der Waals surface area contributed by atoms with Crippen LogP contribution >= 0.6 is 0 Å². The molecule has 0 unspecified atom stereocenters. The Morgan fingerprint density at radius 1 is 1.38 bits per heavy atom. The minimum Gasteiger partial charge on any atom is -0.378 e. The highest BCUT2D eigenvalue weighted by Crippen LogP contribution is 1.98. The summed E-state index contributed by atoms with van der Waals surface area (Å²) in [6.45, 7) is 1.98. The zero-order valence-corrected chi connectivity index (χ0v) is 8.34. The second kappa shape index (κ2) is 4.06. The summed E-state index contributed by atoms with van der Waals surface area (Å²) in [4.78, 5) is 12.8. The second-order valence-electron chi connectivity index (χ2n) is 3.06. The molecular weight excluding hydrogens is 194 g/mol. The van der Waals surface area contributed by atoms with Gasteiger partial charge in [-0.05, 0) is 0 Å². The van der Waals surface area contributed by atoms with Gasteiger partial charge in [0.15, 0.2) is 9.84 Å². The molecule has 0 atom stereocenters. The van der Waals surface area contributed by atoms with Crippen LogP contribution in [0.5, 0.6) is 0 Å². The van der Waals surface area contributed by atoms with Crippen molar-refractivity contribution >= 4 is 15.7 Å². The normalized spacial score (nSPS) is 18.7. The Balaban J connectivity index is 2.47. The van der Waals surface area contributed by atoms with Crippen molar-refractivity contribution in [3.8, 4) is 0 Å². The van der Waals surface area contributed by atoms with Crippen LogP contribution in [0.2, 0.25) is 0 Å². The summed E-state index contributed by atoms with van der Waals surface area (Å²) >= 11 is 0. The van der Waals surface area contributed by atoms with Crippen LogP contribution in [0.3, 0.4) is 0 Å². The third-order valence-electron chi connectivity index (χ3n) is 1.75. The topological polar surface area (TPSA) is 63.7 Å². The van der Waals surface area contributed by atoms with E-state index in [-0.39, 0.29) is 5.91 Å². The molecule has 1 amide bonds. The van der Waals surface area contributed by atoms with E-state index >= 15 is 0 Å². The Morgan fingerprint density at radius 3 is 2.38 bits per heavy atom. The summed E-state index contributed by atoms with van der Waals surface area (Å²) in [6, 6.07) is 0. The van der Waals surface area contributed by atoms with Crippen LogP contribution in [0.4, 0.5) is 0 Å². The highest BCUT2D eigenvalue weighted by molar-refractivity contribution is 7.91. The van der Waals surface area contributed by atoms with Gasteiger partial charge in [-0.1, -0.05) is 0 Å². The Bertz CT molecular complexity index is 279. The largest absolute Gasteiger partial charge is 0.378 e. The quantitative estimate of drug-likeness (QED) is 0.576. The lowest BCUT2D eigenvalue weighted by molar-refractivity contribution is -0.132. The zero-order valence-electron chi connectivity index (χ0n) is 7.52. The van der Waals surface area contributed by atoms with Gasteiger partial charge in [0, 0.05) is 19.3 Å². The number of morpholine rings is 1. The van der Waals surface area contributed by atoms with Crippen LogP contribution in [0.25, 0.3) is 0 Å². The molecule has 0 bridgehead atoms. The van der Waals surface area contributed by atoms with Gasteiger partial charge >= 0.3 is 0 Å². The number of amides is 1. The summed E-state index contributed by atoms with van der Waals surface area (Å²) < 4.78 is 26.6. The smallest absolute Gasteiger partial charge is 0.237 e. The van der Waals surface area contributed by atoms with E-state index in [9.17, 15) is 13.2 Å². The van der Waals surface area contributed by atoms with Crippen LogP contribution in [-0.4, -0.2) is 57.5 Å². The van der Waals surface area contributed by atoms with Gasteiger partial charge in [-0.2, -0.15) is 0 Å². The molecule has 6 heteroatoms. The number of nitrogens with zero attached hydrogens (tertiary/aromatic N) is 1. The third-order valence-corrected chi connectivity index (χ3v) is 2.52. The molecule has 1 saturated heterocycles. The summed E-state index contributed by atoms with van der Waals surface area (Å²) in [5, 5.41) is 0. The lowest BCUT2D eigenvalue weighted by Crippen LogP contribution is -2.43. The van der Waals surface area contributed by atoms with Gasteiger partial charge in [-0.15, -0.1) is 0 Å². The Kier molecular flexibility index (Phi) is 3.27. The Labute approximate surface area is 77.6 Å². The second-order valence-corrected chi connectivity index (χ2v) is 5.20. The van der Waals surface area contributed by atoms with Crippen molar-refractivity contribution in [3.63, 3.8) is 0 Å². The average Bonchev–Trinajstić information content (AvgIpc) is 2.03. The van der Waals surface area contributed by atoms with E-state index in [4.69, 9.17) is 4.74 Å². The Hall–Kier alpha value is -0.620. The van der Waals surface area contributed by atoms with E-state index in [0.717, 1.165) is 6.26 Å². The van der Waals surface area contributed by atoms with Gasteiger partial charge in [-0.3, -0.25) is 4.79 Å². The van der Waals surface area contributed by atoms with E-state index in [1.165, 1.54) is 4.90 Å². The first-order chi connectivity index (χ1) is 5.99. The molecular formula is C7H13NO4S. The Morgan fingerprint density at radius 2 is 1.92 bits per heavy atom. The molecule has 1 heterocycles. The fraction of sp³-hybridized carbons (Fsp3) is 0.857. The molecule has 1 aliphatic heterocycles. The van der Waals surface area contributed by atoms with Gasteiger partial charge in [0.05, 0.1) is 13.2 Å². The van der Waals surface area contributed by atoms with Gasteiger partial charge in [-0.25, -0.2) is 8.42 Å². The lowest BCUT2D eigenvalue weighted by atomic mass is 10.4. The number of hydrogen-bond donors (Lipinski definition) is 0. The maximum Gasteiger partial charge on any atom is 0.237 e. The fourth-order valence-electron chi connectivity index (χ4n) is 1.13. The fourth-order valence-corrected chi connectivity index (χ4v) is 1.76. The monoisotopic (exact) mass is 207 g/mol. The first-order valence-corrected chi connectivity index (χ1v) is 6.08. The highest BCUT2D eigenvalue weighted by atomic mass is 32.2. The molecule has 0 radical (unpaired) electrons. The predicted octanol–water partition coefficient (Wildman–Crippen LogP) is -1.11. The predicted molar refractivity (Wildman–Crippen MR) is 47.1 cm³/mol. The minimum atomic E-state index is -3.20. The summed E-state index contributed by atoms with van der Waals surface area (Å²) in [6.07, 6.45) is 1.06. The summed E-state index contributed by atoms with van der Waals surface area (Å²) in [5.74, 6) is -0.724. The molecule has 0 aromatic carbocycles. The summed E-state index contributed by atoms with van der Waals surface area (Å²) in [5.41, 5.74) is 0. The van der Waals surface area contributed by atoms with Crippen molar-refractivity contribution in [3.05, 3.63) is 0 Å². The maximum atomic E-state index is 11.3. The van der Waals surface area contributed by atoms with Crippen LogP contribution in [-0.2, 0) is 19.4 Å². The van der Waals surface area contributed by atoms with Crippen molar-refractivity contribution in [2.24, 2.45) is 0 Å². The standard InChI is InChI=1S/C7H13NO4S/c1-13(10,11)6-7(9)8-2-4-12-5-3-8/h2-6H2,1H3. The van der Waals surface area contributed by atoms with Crippen molar-refractivity contribution in [2.75, 3.05) is 38.3 Å². The molecule has 0 saturated carbocycles. The molecule has 76 valence electrons. The van der Waals surface area contributed by atoms with E-state index in [1.807, 2.05) is 0 Å². The minimum absolute atomic E-state index is 0.328. The lowest BCUT2D eigenvalue weighted by Gasteiger charge is -2.26. The number of carbonyl (C=O) groups excluding carboxylic acids is 1. The van der Waals surface area contributed by atoms with E-state index in [2.05, 4.69) is 0 Å². The van der Waals surface area contributed by atoms with Gasteiger partial charge < -0.3 is 9.64 Å². The molecule has 1 aliphatic rings. The van der Waals surface area contributed by atoms with E-state index in [0.29, 0.717) is 26.3 Å². The first-order valence-electron chi connectivity index (χ1n) is 4.02. The number of sulfone groups is 1. The number of carbonyl (C=O) groups is 1. The van der Waals surface area contributed by atoms with Crippen LogP contribution < -0.4 is 0 Å². The van der Waals surface area contributed by atoms with E-state index in [1.54, 1.807) is 0 Å².